The van der Waals surface area contributed by atoms with Crippen molar-refractivity contribution in [1.29, 1.82) is 0 Å². The predicted molar refractivity (Wildman–Crippen MR) is 109 cm³/mol. The van der Waals surface area contributed by atoms with Gasteiger partial charge in [0.15, 0.2) is 0 Å². The second-order valence-electron chi connectivity index (χ2n) is 7.07. The third kappa shape index (κ3) is 4.86. The summed E-state index contributed by atoms with van der Waals surface area (Å²) in [5.74, 6) is 0.0132. The number of halogens is 1. The maximum absolute atomic E-state index is 11.5. The van der Waals surface area contributed by atoms with Gasteiger partial charge in [0.2, 0.25) is 0 Å². The van der Waals surface area contributed by atoms with E-state index in [2.05, 4.69) is 60.4 Å². The van der Waals surface area contributed by atoms with Gasteiger partial charge in [-0.05, 0) is 30.0 Å². The molecule has 0 saturated carbocycles. The first-order valence-corrected chi connectivity index (χ1v) is 9.28. The van der Waals surface area contributed by atoms with Crippen LogP contribution in [0.4, 0.5) is 0 Å². The molecule has 0 aromatic heterocycles. The van der Waals surface area contributed by atoms with Gasteiger partial charge in [-0.15, -0.1) is 12.4 Å². The molecule has 3 rings (SSSR count). The van der Waals surface area contributed by atoms with E-state index in [0.717, 1.165) is 44.8 Å². The number of benzene rings is 2. The topological polar surface area (TPSA) is 32.7 Å². The maximum atomic E-state index is 11.5. The van der Waals surface area contributed by atoms with Gasteiger partial charge in [-0.3, -0.25) is 4.90 Å². The Morgan fingerprint density at radius 3 is 2.23 bits per heavy atom. The van der Waals surface area contributed by atoms with Crippen molar-refractivity contribution in [2.45, 2.75) is 31.8 Å². The van der Waals surface area contributed by atoms with Crippen LogP contribution in [-0.2, 0) is 16.8 Å². The minimum absolute atomic E-state index is 0. The van der Waals surface area contributed by atoms with Crippen LogP contribution in [0.2, 0.25) is 0 Å². The number of aryl methyl sites for hydroxylation is 1. The normalized spacial score (nSPS) is 18.6. The van der Waals surface area contributed by atoms with E-state index in [0.29, 0.717) is 0 Å². The zero-order valence-electron chi connectivity index (χ0n) is 15.7. The summed E-state index contributed by atoms with van der Waals surface area (Å²) in [7, 11) is 0. The number of aliphatic hydroxyl groups is 1. The minimum Gasteiger partial charge on any atom is -0.385 e. The van der Waals surface area contributed by atoms with E-state index in [1.54, 1.807) is 0 Å². The average Bonchev–Trinajstić information content (AvgIpc) is 2.67. The first-order valence-electron chi connectivity index (χ1n) is 9.28. The van der Waals surface area contributed by atoms with E-state index < -0.39 is 5.60 Å². The van der Waals surface area contributed by atoms with E-state index >= 15 is 0 Å². The van der Waals surface area contributed by atoms with Crippen molar-refractivity contribution in [1.82, 2.24) is 4.90 Å². The molecule has 1 aliphatic heterocycles. The number of nitrogens with zero attached hydrogens (tertiary/aromatic N) is 1. The Balaban J connectivity index is 0.00000243. The van der Waals surface area contributed by atoms with Crippen molar-refractivity contribution in [2.24, 2.45) is 0 Å². The highest BCUT2D eigenvalue weighted by atomic mass is 35.5. The fourth-order valence-electron chi connectivity index (χ4n) is 3.61. The Morgan fingerprint density at radius 1 is 1.04 bits per heavy atom. The molecule has 0 radical (unpaired) electrons. The van der Waals surface area contributed by atoms with Crippen LogP contribution in [0.25, 0.3) is 0 Å². The molecule has 1 saturated heterocycles. The zero-order chi connectivity index (χ0) is 17.7. The lowest BCUT2D eigenvalue weighted by molar-refractivity contribution is -0.0107. The van der Waals surface area contributed by atoms with Gasteiger partial charge >= 0.3 is 0 Å². The minimum atomic E-state index is -0.925. The van der Waals surface area contributed by atoms with Crippen LogP contribution in [0.1, 0.15) is 36.5 Å². The van der Waals surface area contributed by atoms with Gasteiger partial charge in [0.25, 0.3) is 0 Å². The maximum Gasteiger partial charge on any atom is 0.0949 e. The van der Waals surface area contributed by atoms with Gasteiger partial charge < -0.3 is 9.84 Å². The molecule has 2 atom stereocenters. The summed E-state index contributed by atoms with van der Waals surface area (Å²) in [6, 6.07) is 18.8. The molecular formula is C22H30ClNO2. The molecule has 0 bridgehead atoms. The van der Waals surface area contributed by atoms with Crippen molar-refractivity contribution < 1.29 is 9.84 Å². The molecule has 0 amide bonds. The highest BCUT2D eigenvalue weighted by Crippen LogP contribution is 2.37. The summed E-state index contributed by atoms with van der Waals surface area (Å²) in [4.78, 5) is 2.40. The summed E-state index contributed by atoms with van der Waals surface area (Å²) in [6.07, 6.45) is 1.01. The molecule has 0 spiro atoms. The monoisotopic (exact) mass is 375 g/mol. The first-order chi connectivity index (χ1) is 12.1. The molecule has 1 aliphatic rings. The SMILES string of the molecule is CCc1ccc(C(C)(O)C(CN2CCOCC2)c2ccccc2)cc1.Cl. The molecule has 1 heterocycles. The number of hydrogen-bond donors (Lipinski definition) is 1. The quantitative estimate of drug-likeness (QED) is 0.828. The second-order valence-corrected chi connectivity index (χ2v) is 7.07. The zero-order valence-corrected chi connectivity index (χ0v) is 16.5. The van der Waals surface area contributed by atoms with E-state index in [1.807, 2.05) is 13.0 Å². The fraction of sp³-hybridized carbons (Fsp3) is 0.455. The molecule has 0 aliphatic carbocycles. The summed E-state index contributed by atoms with van der Waals surface area (Å²) in [5.41, 5.74) is 2.53. The molecule has 2 unspecified atom stereocenters. The first kappa shape index (κ1) is 20.9. The summed E-state index contributed by atoms with van der Waals surface area (Å²) in [6.45, 7) is 8.33. The van der Waals surface area contributed by atoms with Gasteiger partial charge in [-0.1, -0.05) is 61.5 Å². The van der Waals surface area contributed by atoms with Crippen LogP contribution in [0, 0.1) is 0 Å². The molecule has 3 nitrogen and oxygen atoms in total. The van der Waals surface area contributed by atoms with Gasteiger partial charge in [-0.25, -0.2) is 0 Å². The van der Waals surface area contributed by atoms with E-state index in [1.165, 1.54) is 11.1 Å². The molecule has 26 heavy (non-hydrogen) atoms. The molecular weight excluding hydrogens is 346 g/mol. The van der Waals surface area contributed by atoms with Crippen LogP contribution in [-0.4, -0.2) is 42.9 Å². The van der Waals surface area contributed by atoms with Crippen LogP contribution in [0.15, 0.2) is 54.6 Å². The molecule has 1 N–H and O–H groups in total. The second kappa shape index (κ2) is 9.52. The van der Waals surface area contributed by atoms with E-state index in [4.69, 9.17) is 4.74 Å². The summed E-state index contributed by atoms with van der Waals surface area (Å²) >= 11 is 0. The van der Waals surface area contributed by atoms with Crippen molar-refractivity contribution in [3.8, 4) is 0 Å². The third-order valence-electron chi connectivity index (χ3n) is 5.37. The predicted octanol–water partition coefficient (Wildman–Crippen LogP) is 3.99. The Morgan fingerprint density at radius 2 is 1.65 bits per heavy atom. The number of ether oxygens (including phenoxy) is 1. The highest BCUT2D eigenvalue weighted by molar-refractivity contribution is 5.85. The molecule has 4 heteroatoms. The largest absolute Gasteiger partial charge is 0.385 e. The van der Waals surface area contributed by atoms with Crippen LogP contribution >= 0.6 is 12.4 Å². The van der Waals surface area contributed by atoms with Crippen molar-refractivity contribution >= 4 is 12.4 Å². The number of hydrogen-bond acceptors (Lipinski definition) is 3. The molecule has 2 aromatic rings. The summed E-state index contributed by atoms with van der Waals surface area (Å²) < 4.78 is 5.48. The van der Waals surface area contributed by atoms with Gasteiger partial charge in [-0.2, -0.15) is 0 Å². The van der Waals surface area contributed by atoms with Gasteiger partial charge in [0, 0.05) is 25.6 Å². The Kier molecular flexibility index (Phi) is 7.66. The fourth-order valence-corrected chi connectivity index (χ4v) is 3.61. The smallest absolute Gasteiger partial charge is 0.0949 e. The van der Waals surface area contributed by atoms with Crippen LogP contribution in [0.3, 0.4) is 0 Å². The Labute approximate surface area is 163 Å². The highest BCUT2D eigenvalue weighted by Gasteiger charge is 2.36. The van der Waals surface area contributed by atoms with Gasteiger partial charge in [0.05, 0.1) is 18.8 Å². The number of morpholine rings is 1. The van der Waals surface area contributed by atoms with Crippen LogP contribution < -0.4 is 0 Å². The lowest BCUT2D eigenvalue weighted by Gasteiger charge is -2.38. The molecule has 2 aromatic carbocycles. The Hall–Kier alpha value is -1.39. The van der Waals surface area contributed by atoms with Crippen molar-refractivity contribution in [3.05, 3.63) is 71.3 Å². The average molecular weight is 376 g/mol. The lowest BCUT2D eigenvalue weighted by atomic mass is 9.78. The van der Waals surface area contributed by atoms with E-state index in [-0.39, 0.29) is 18.3 Å². The van der Waals surface area contributed by atoms with Crippen LogP contribution in [0.5, 0.6) is 0 Å². The molecule has 142 valence electrons. The summed E-state index contributed by atoms with van der Waals surface area (Å²) in [5, 5.41) is 11.5. The van der Waals surface area contributed by atoms with Crippen molar-refractivity contribution in [3.63, 3.8) is 0 Å². The Bertz CT molecular complexity index is 652. The van der Waals surface area contributed by atoms with E-state index in [9.17, 15) is 5.11 Å². The standard InChI is InChI=1S/C22H29NO2.ClH/c1-3-18-9-11-20(12-10-18)22(2,24)21(19-7-5-4-6-8-19)17-23-13-15-25-16-14-23;/h4-12,21,24H,3,13-17H2,1-2H3;1H. The number of rotatable bonds is 6. The lowest BCUT2D eigenvalue weighted by Crippen LogP contribution is -2.43. The molecule has 1 fully saturated rings. The van der Waals surface area contributed by atoms with Gasteiger partial charge in [0.1, 0.15) is 0 Å². The van der Waals surface area contributed by atoms with Crippen molar-refractivity contribution in [2.75, 3.05) is 32.8 Å². The third-order valence-corrected chi connectivity index (χ3v) is 5.37.